The highest BCUT2D eigenvalue weighted by atomic mass is 16.5. The van der Waals surface area contributed by atoms with Gasteiger partial charge in [0, 0.05) is 24.2 Å². The van der Waals surface area contributed by atoms with Crippen LogP contribution in [-0.2, 0) is 0 Å². The van der Waals surface area contributed by atoms with Gasteiger partial charge in [0.2, 0.25) is 5.88 Å². The highest BCUT2D eigenvalue weighted by Crippen LogP contribution is 2.20. The number of aromatic nitrogens is 1. The quantitative estimate of drug-likeness (QED) is 0.746. The van der Waals surface area contributed by atoms with Gasteiger partial charge >= 0.3 is 0 Å². The molecule has 0 bridgehead atoms. The van der Waals surface area contributed by atoms with Gasteiger partial charge in [-0.2, -0.15) is 0 Å². The predicted molar refractivity (Wildman–Crippen MR) is 65.9 cm³/mol. The molecule has 1 aliphatic rings. The number of Topliss-reactive ketones (excluding diaryl/α,β-unsaturated/α-hetero) is 1. The van der Waals surface area contributed by atoms with Crippen molar-refractivity contribution < 1.29 is 9.53 Å². The van der Waals surface area contributed by atoms with Crippen LogP contribution in [0.15, 0.2) is 41.8 Å². The lowest BCUT2D eigenvalue weighted by Gasteiger charge is -2.12. The maximum atomic E-state index is 11.1. The number of allylic oxidation sites excluding steroid dienone is 4. The van der Waals surface area contributed by atoms with Crippen LogP contribution in [0.3, 0.4) is 0 Å². The zero-order valence-corrected chi connectivity index (χ0v) is 10.1. The second-order valence-electron chi connectivity index (χ2n) is 4.19. The van der Waals surface area contributed by atoms with E-state index in [0.717, 1.165) is 18.6 Å². The largest absolute Gasteiger partial charge is 0.443 e. The van der Waals surface area contributed by atoms with Crippen LogP contribution in [0.5, 0.6) is 5.88 Å². The Kier molecular flexibility index (Phi) is 3.38. The molecule has 0 aromatic carbocycles. The number of hydrogen-bond acceptors (Lipinski definition) is 3. The lowest BCUT2D eigenvalue weighted by molar-refractivity contribution is 0.101. The molecule has 1 heterocycles. The van der Waals surface area contributed by atoms with E-state index in [4.69, 9.17) is 4.74 Å². The molecule has 3 nitrogen and oxygen atoms in total. The Labute approximate surface area is 101 Å². The third-order valence-corrected chi connectivity index (χ3v) is 2.70. The minimum atomic E-state index is 0.0134. The molecule has 0 unspecified atom stereocenters. The molecule has 0 atom stereocenters. The van der Waals surface area contributed by atoms with Gasteiger partial charge in [-0.1, -0.05) is 11.6 Å². The summed E-state index contributed by atoms with van der Waals surface area (Å²) in [6, 6.07) is 3.46. The third kappa shape index (κ3) is 3.03. The molecular formula is C14H15NO2. The van der Waals surface area contributed by atoms with Gasteiger partial charge in [-0.05, 0) is 32.4 Å². The summed E-state index contributed by atoms with van der Waals surface area (Å²) >= 11 is 0. The molecule has 1 aliphatic carbocycles. The summed E-state index contributed by atoms with van der Waals surface area (Å²) in [7, 11) is 0. The first-order valence-corrected chi connectivity index (χ1v) is 5.66. The van der Waals surface area contributed by atoms with E-state index in [1.165, 1.54) is 12.5 Å². The second-order valence-corrected chi connectivity index (χ2v) is 4.19. The number of ether oxygens (including phenoxy) is 1. The Morgan fingerprint density at radius 2 is 2.12 bits per heavy atom. The first-order valence-electron chi connectivity index (χ1n) is 5.66. The van der Waals surface area contributed by atoms with Gasteiger partial charge < -0.3 is 4.74 Å². The molecule has 0 saturated carbocycles. The van der Waals surface area contributed by atoms with Gasteiger partial charge in [0.05, 0.1) is 0 Å². The van der Waals surface area contributed by atoms with Gasteiger partial charge in [-0.25, -0.2) is 4.98 Å². The smallest absolute Gasteiger partial charge is 0.218 e. The van der Waals surface area contributed by atoms with Crippen molar-refractivity contribution in [3.8, 4) is 5.88 Å². The Morgan fingerprint density at radius 1 is 1.29 bits per heavy atom. The standard InChI is InChI=1S/C14H15NO2/c1-10-3-6-13(7-4-10)17-14-8-5-12(9-15-14)11(2)16/h3,5-6,8-9H,4,7H2,1-2H3. The second kappa shape index (κ2) is 4.95. The fraction of sp³-hybridized carbons (Fsp3) is 0.286. The van der Waals surface area contributed by atoms with Crippen LogP contribution >= 0.6 is 0 Å². The Morgan fingerprint density at radius 3 is 2.65 bits per heavy atom. The van der Waals surface area contributed by atoms with Crippen molar-refractivity contribution in [1.29, 1.82) is 0 Å². The van der Waals surface area contributed by atoms with E-state index in [1.807, 2.05) is 6.08 Å². The lowest BCUT2D eigenvalue weighted by Crippen LogP contribution is -2.01. The van der Waals surface area contributed by atoms with Crippen LogP contribution < -0.4 is 4.74 Å². The van der Waals surface area contributed by atoms with Crippen LogP contribution in [0.25, 0.3) is 0 Å². The Bertz CT molecular complexity index is 483. The van der Waals surface area contributed by atoms with E-state index in [1.54, 1.807) is 18.3 Å². The normalized spacial score (nSPS) is 14.9. The van der Waals surface area contributed by atoms with Crippen molar-refractivity contribution in [2.24, 2.45) is 0 Å². The van der Waals surface area contributed by atoms with E-state index in [-0.39, 0.29) is 5.78 Å². The molecule has 1 aromatic rings. The molecule has 0 amide bonds. The Balaban J connectivity index is 2.07. The molecule has 0 fully saturated rings. The van der Waals surface area contributed by atoms with Gasteiger partial charge in [-0.3, -0.25) is 4.79 Å². The molecule has 0 saturated heterocycles. The minimum Gasteiger partial charge on any atom is -0.443 e. The number of pyridine rings is 1. The van der Waals surface area contributed by atoms with Gasteiger partial charge in [0.1, 0.15) is 5.76 Å². The molecule has 2 rings (SSSR count). The van der Waals surface area contributed by atoms with Crippen molar-refractivity contribution >= 4 is 5.78 Å². The topological polar surface area (TPSA) is 39.2 Å². The molecule has 0 radical (unpaired) electrons. The summed E-state index contributed by atoms with van der Waals surface area (Å²) in [6.45, 7) is 3.63. The van der Waals surface area contributed by atoms with Gasteiger partial charge in [0.15, 0.2) is 5.78 Å². The van der Waals surface area contributed by atoms with Gasteiger partial charge in [-0.15, -0.1) is 0 Å². The number of nitrogens with zero attached hydrogens (tertiary/aromatic N) is 1. The van der Waals surface area contributed by atoms with Crippen LogP contribution in [0.2, 0.25) is 0 Å². The van der Waals surface area contributed by atoms with E-state index in [0.29, 0.717) is 11.4 Å². The van der Waals surface area contributed by atoms with Crippen LogP contribution in [0, 0.1) is 0 Å². The van der Waals surface area contributed by atoms with Crippen molar-refractivity contribution in [3.05, 3.63) is 47.4 Å². The van der Waals surface area contributed by atoms with E-state index < -0.39 is 0 Å². The van der Waals surface area contributed by atoms with Crippen molar-refractivity contribution in [1.82, 2.24) is 4.98 Å². The average Bonchev–Trinajstić information content (AvgIpc) is 2.33. The number of carbonyl (C=O) groups excluding carboxylic acids is 1. The maximum Gasteiger partial charge on any atom is 0.218 e. The van der Waals surface area contributed by atoms with E-state index >= 15 is 0 Å². The molecule has 88 valence electrons. The fourth-order valence-corrected chi connectivity index (χ4v) is 1.59. The van der Waals surface area contributed by atoms with Crippen molar-refractivity contribution in [2.45, 2.75) is 26.7 Å². The molecule has 17 heavy (non-hydrogen) atoms. The molecule has 0 aliphatic heterocycles. The SMILES string of the molecule is CC(=O)c1ccc(OC2=CC=C(C)CC2)nc1. The Hall–Kier alpha value is -1.90. The highest BCUT2D eigenvalue weighted by molar-refractivity contribution is 5.93. The zero-order chi connectivity index (χ0) is 12.3. The molecule has 1 aromatic heterocycles. The lowest BCUT2D eigenvalue weighted by atomic mass is 10.1. The van der Waals surface area contributed by atoms with Gasteiger partial charge in [0.25, 0.3) is 0 Å². The van der Waals surface area contributed by atoms with Crippen LogP contribution in [0.1, 0.15) is 37.0 Å². The molecule has 0 N–H and O–H groups in total. The summed E-state index contributed by atoms with van der Waals surface area (Å²) < 4.78 is 5.63. The van der Waals surface area contributed by atoms with Crippen LogP contribution in [0.4, 0.5) is 0 Å². The fourth-order valence-electron chi connectivity index (χ4n) is 1.59. The summed E-state index contributed by atoms with van der Waals surface area (Å²) in [6.07, 6.45) is 7.50. The number of rotatable bonds is 3. The number of hydrogen-bond donors (Lipinski definition) is 0. The van der Waals surface area contributed by atoms with Crippen molar-refractivity contribution in [3.63, 3.8) is 0 Å². The summed E-state index contributed by atoms with van der Waals surface area (Å²) in [5, 5.41) is 0. The first kappa shape index (κ1) is 11.6. The minimum absolute atomic E-state index is 0.0134. The van der Waals surface area contributed by atoms with Crippen molar-refractivity contribution in [2.75, 3.05) is 0 Å². The average molecular weight is 229 g/mol. The number of ketones is 1. The summed E-state index contributed by atoms with van der Waals surface area (Å²) in [5.74, 6) is 1.47. The number of carbonyl (C=O) groups is 1. The predicted octanol–water partition coefficient (Wildman–Crippen LogP) is 3.29. The molecule has 3 heteroatoms. The third-order valence-electron chi connectivity index (χ3n) is 2.70. The monoisotopic (exact) mass is 229 g/mol. The zero-order valence-electron chi connectivity index (χ0n) is 10.1. The molecular weight excluding hydrogens is 214 g/mol. The summed E-state index contributed by atoms with van der Waals surface area (Å²) in [4.78, 5) is 15.2. The summed E-state index contributed by atoms with van der Waals surface area (Å²) in [5.41, 5.74) is 1.96. The molecule has 0 spiro atoms. The maximum absolute atomic E-state index is 11.1. The van der Waals surface area contributed by atoms with Crippen LogP contribution in [-0.4, -0.2) is 10.8 Å². The first-order chi connectivity index (χ1) is 8.15. The van der Waals surface area contributed by atoms with E-state index in [2.05, 4.69) is 18.0 Å². The highest BCUT2D eigenvalue weighted by Gasteiger charge is 2.07. The van der Waals surface area contributed by atoms with E-state index in [9.17, 15) is 4.79 Å².